The van der Waals surface area contributed by atoms with Crippen molar-refractivity contribution < 1.29 is 13.6 Å². The summed E-state index contributed by atoms with van der Waals surface area (Å²) >= 11 is 1.22. The van der Waals surface area contributed by atoms with E-state index in [0.29, 0.717) is 10.6 Å². The highest BCUT2D eigenvalue weighted by atomic mass is 32.1. The van der Waals surface area contributed by atoms with Crippen LogP contribution in [0.5, 0.6) is 0 Å². The maximum absolute atomic E-state index is 13.2. The van der Waals surface area contributed by atoms with E-state index < -0.39 is 12.3 Å². The van der Waals surface area contributed by atoms with Gasteiger partial charge in [0.05, 0.1) is 31.2 Å². The van der Waals surface area contributed by atoms with Crippen LogP contribution in [0.25, 0.3) is 5.69 Å². The Morgan fingerprint density at radius 1 is 1.37 bits per heavy atom. The molecule has 0 aliphatic carbocycles. The molecule has 0 radical (unpaired) electrons. The first kappa shape index (κ1) is 12.2. The lowest BCUT2D eigenvalue weighted by Gasteiger charge is -2.14. The molecule has 3 rings (SSSR count). The number of nitrogens with zero attached hydrogens (tertiary/aromatic N) is 4. The van der Waals surface area contributed by atoms with E-state index in [4.69, 9.17) is 0 Å². The van der Waals surface area contributed by atoms with Crippen LogP contribution in [0.15, 0.2) is 23.8 Å². The number of thiophene rings is 1. The molecule has 3 heterocycles. The third-order valence-electron chi connectivity index (χ3n) is 2.98. The van der Waals surface area contributed by atoms with Crippen molar-refractivity contribution >= 4 is 17.2 Å². The number of aromatic nitrogens is 3. The minimum atomic E-state index is -1.60. The van der Waals surface area contributed by atoms with Crippen LogP contribution in [0.4, 0.5) is 8.78 Å². The van der Waals surface area contributed by atoms with Crippen LogP contribution in [0.2, 0.25) is 0 Å². The molecule has 1 saturated heterocycles. The molecule has 8 heteroatoms. The van der Waals surface area contributed by atoms with Crippen LogP contribution in [-0.4, -0.2) is 51.2 Å². The fraction of sp³-hybridized carbons (Fsp3) is 0.364. The van der Waals surface area contributed by atoms with Gasteiger partial charge >= 0.3 is 0 Å². The number of carbonyl (C=O) groups excluding carboxylic acids is 1. The number of halogens is 2. The molecular weight excluding hydrogens is 274 g/mol. The van der Waals surface area contributed by atoms with Crippen molar-refractivity contribution in [3.05, 3.63) is 28.7 Å². The van der Waals surface area contributed by atoms with Crippen molar-refractivity contribution in [2.45, 2.75) is 12.3 Å². The molecule has 5 nitrogen and oxygen atoms in total. The Morgan fingerprint density at radius 3 is 2.74 bits per heavy atom. The number of carbonyl (C=O) groups is 1. The molecule has 2 atom stereocenters. The van der Waals surface area contributed by atoms with Crippen molar-refractivity contribution in [3.8, 4) is 5.69 Å². The molecule has 0 bridgehead atoms. The molecule has 0 unspecified atom stereocenters. The second kappa shape index (κ2) is 4.69. The van der Waals surface area contributed by atoms with E-state index in [1.54, 1.807) is 17.6 Å². The van der Waals surface area contributed by atoms with Crippen molar-refractivity contribution in [1.82, 2.24) is 19.9 Å². The predicted molar refractivity (Wildman–Crippen MR) is 64.9 cm³/mol. The van der Waals surface area contributed by atoms with Gasteiger partial charge in [-0.3, -0.25) is 4.79 Å². The summed E-state index contributed by atoms with van der Waals surface area (Å²) in [6, 6.07) is 1.72. The van der Waals surface area contributed by atoms with Gasteiger partial charge in [-0.05, 0) is 11.4 Å². The fourth-order valence-corrected chi connectivity index (χ4v) is 2.86. The Labute approximate surface area is 111 Å². The van der Waals surface area contributed by atoms with Gasteiger partial charge in [0.1, 0.15) is 4.88 Å². The van der Waals surface area contributed by atoms with E-state index in [1.165, 1.54) is 27.1 Å². The average Bonchev–Trinajstić information content (AvgIpc) is 3.09. The summed E-state index contributed by atoms with van der Waals surface area (Å²) in [4.78, 5) is 13.9. The topological polar surface area (TPSA) is 51.0 Å². The van der Waals surface area contributed by atoms with Crippen molar-refractivity contribution in [3.63, 3.8) is 0 Å². The maximum Gasteiger partial charge on any atom is 0.266 e. The van der Waals surface area contributed by atoms with E-state index in [2.05, 4.69) is 10.3 Å². The number of hydrogen-bond donors (Lipinski definition) is 0. The quantitative estimate of drug-likeness (QED) is 0.839. The second-order valence-electron chi connectivity index (χ2n) is 4.22. The highest BCUT2D eigenvalue weighted by Crippen LogP contribution is 2.25. The molecule has 19 heavy (non-hydrogen) atoms. The molecule has 100 valence electrons. The standard InChI is InChI=1S/C11H10F2N4OS/c12-7-5-16(6-8(7)13)11(18)10-9(1-4-19-10)17-3-2-14-15-17/h1-4,7-8H,5-6H2/t7-,8+. The number of alkyl halides is 2. The predicted octanol–water partition coefficient (Wildman–Crippen LogP) is 1.46. The van der Waals surface area contributed by atoms with E-state index in [9.17, 15) is 13.6 Å². The van der Waals surface area contributed by atoms with Gasteiger partial charge in [-0.1, -0.05) is 5.21 Å². The zero-order valence-corrected chi connectivity index (χ0v) is 10.6. The van der Waals surface area contributed by atoms with Gasteiger partial charge in [-0.2, -0.15) is 0 Å². The van der Waals surface area contributed by atoms with Gasteiger partial charge in [0.25, 0.3) is 5.91 Å². The average molecular weight is 284 g/mol. The number of likely N-dealkylation sites (tertiary alicyclic amines) is 1. The van der Waals surface area contributed by atoms with Crippen LogP contribution in [-0.2, 0) is 0 Å². The highest BCUT2D eigenvalue weighted by Gasteiger charge is 2.36. The zero-order valence-electron chi connectivity index (χ0n) is 9.74. The summed E-state index contributed by atoms with van der Waals surface area (Å²) < 4.78 is 27.8. The molecule has 0 aromatic carbocycles. The van der Waals surface area contributed by atoms with Gasteiger partial charge in [-0.15, -0.1) is 16.4 Å². The molecule has 2 aromatic heterocycles. The normalized spacial score (nSPS) is 22.9. The van der Waals surface area contributed by atoms with E-state index in [1.807, 2.05) is 0 Å². The minimum absolute atomic E-state index is 0.200. The summed E-state index contributed by atoms with van der Waals surface area (Å²) in [7, 11) is 0. The van der Waals surface area contributed by atoms with Gasteiger partial charge in [-0.25, -0.2) is 13.5 Å². The first-order valence-corrected chi connectivity index (χ1v) is 6.56. The molecular formula is C11H10F2N4OS. The van der Waals surface area contributed by atoms with Gasteiger partial charge < -0.3 is 4.90 Å². The SMILES string of the molecule is O=C(c1sccc1-n1ccnn1)N1C[C@@H](F)[C@@H](F)C1. The Morgan fingerprint density at radius 2 is 2.11 bits per heavy atom. The monoisotopic (exact) mass is 284 g/mol. The lowest BCUT2D eigenvalue weighted by molar-refractivity contribution is 0.0783. The summed E-state index contributed by atoms with van der Waals surface area (Å²) in [5, 5.41) is 9.22. The highest BCUT2D eigenvalue weighted by molar-refractivity contribution is 7.12. The first-order chi connectivity index (χ1) is 9.16. The van der Waals surface area contributed by atoms with Gasteiger partial charge in [0, 0.05) is 0 Å². The molecule has 2 aromatic rings. The number of hydrogen-bond acceptors (Lipinski definition) is 4. The van der Waals surface area contributed by atoms with Crippen LogP contribution in [0, 0.1) is 0 Å². The Balaban J connectivity index is 1.87. The maximum atomic E-state index is 13.2. The first-order valence-electron chi connectivity index (χ1n) is 5.68. The van der Waals surface area contributed by atoms with Crippen LogP contribution in [0.3, 0.4) is 0 Å². The summed E-state index contributed by atoms with van der Waals surface area (Å²) in [5.74, 6) is -0.372. The Kier molecular flexibility index (Phi) is 3.02. The van der Waals surface area contributed by atoms with Crippen LogP contribution >= 0.6 is 11.3 Å². The van der Waals surface area contributed by atoms with Crippen molar-refractivity contribution in [2.75, 3.05) is 13.1 Å². The Bertz CT molecular complexity index is 575. The molecule has 1 aliphatic rings. The number of rotatable bonds is 2. The molecule has 1 amide bonds. The van der Waals surface area contributed by atoms with Crippen LogP contribution in [0.1, 0.15) is 9.67 Å². The zero-order chi connectivity index (χ0) is 13.4. The summed E-state index contributed by atoms with van der Waals surface area (Å²) in [6.07, 6.45) is -0.0899. The van der Waals surface area contributed by atoms with E-state index >= 15 is 0 Å². The molecule has 1 fully saturated rings. The Hall–Kier alpha value is -1.83. The largest absolute Gasteiger partial charge is 0.332 e. The van der Waals surface area contributed by atoms with Crippen LogP contribution < -0.4 is 0 Å². The van der Waals surface area contributed by atoms with Gasteiger partial charge in [0.15, 0.2) is 12.3 Å². The van der Waals surface area contributed by atoms with E-state index in [-0.39, 0.29) is 19.0 Å². The second-order valence-corrected chi connectivity index (χ2v) is 5.14. The molecule has 0 N–H and O–H groups in total. The summed E-state index contributed by atoms with van der Waals surface area (Å²) in [5.41, 5.74) is 0.574. The third-order valence-corrected chi connectivity index (χ3v) is 3.87. The molecule has 1 aliphatic heterocycles. The smallest absolute Gasteiger partial charge is 0.266 e. The van der Waals surface area contributed by atoms with Crippen molar-refractivity contribution in [2.24, 2.45) is 0 Å². The molecule has 0 saturated carbocycles. The molecule has 0 spiro atoms. The fourth-order valence-electron chi connectivity index (χ4n) is 2.01. The number of amides is 1. The van der Waals surface area contributed by atoms with Crippen molar-refractivity contribution in [1.29, 1.82) is 0 Å². The lowest BCUT2D eigenvalue weighted by atomic mass is 10.3. The van der Waals surface area contributed by atoms with Gasteiger partial charge in [0.2, 0.25) is 0 Å². The summed E-state index contributed by atoms with van der Waals surface area (Å²) in [6.45, 7) is -0.399. The third kappa shape index (κ3) is 2.12. The van der Waals surface area contributed by atoms with E-state index in [0.717, 1.165) is 0 Å². The minimum Gasteiger partial charge on any atom is -0.332 e. The lowest BCUT2D eigenvalue weighted by Crippen LogP contribution is -2.29.